The third kappa shape index (κ3) is 4.58. The summed E-state index contributed by atoms with van der Waals surface area (Å²) >= 11 is -1.20. The van der Waals surface area contributed by atoms with E-state index in [2.05, 4.69) is 30.0 Å². The number of hydrogen-bond acceptors (Lipinski definition) is 7. The highest BCUT2D eigenvalue weighted by Crippen LogP contribution is 2.30. The molecule has 30 heavy (non-hydrogen) atoms. The van der Waals surface area contributed by atoms with E-state index in [1.807, 2.05) is 18.2 Å². The number of carbonyl (C=O) groups excluding carboxylic acids is 1. The van der Waals surface area contributed by atoms with Crippen molar-refractivity contribution in [3.63, 3.8) is 0 Å². The van der Waals surface area contributed by atoms with Crippen LogP contribution < -0.4 is 10.0 Å². The highest BCUT2D eigenvalue weighted by atomic mass is 32.2. The van der Waals surface area contributed by atoms with Crippen LogP contribution in [0, 0.1) is 0 Å². The molecule has 0 spiro atoms. The Hall–Kier alpha value is -3.04. The Labute approximate surface area is 177 Å². The first-order chi connectivity index (χ1) is 14.4. The molecule has 3 heterocycles. The topological polar surface area (TPSA) is 116 Å². The van der Waals surface area contributed by atoms with Gasteiger partial charge in [0.15, 0.2) is 0 Å². The second-order valence-corrected chi connectivity index (χ2v) is 9.08. The molecule has 2 N–H and O–H groups in total. The lowest BCUT2D eigenvalue weighted by Crippen LogP contribution is -2.36. The van der Waals surface area contributed by atoms with Crippen LogP contribution in [-0.2, 0) is 21.6 Å². The standard InChI is InChI=1S/C21H22N6O2S/c1-21(2,17-9-11-23-20(25-17)27-30(29)16-6-7-16)19(28)26-18-8-5-15(13-24-18)14-4-3-10-22-12-14/h3-5,8-13,16H,6-7H2,1-2H3,(H,23,25,27)(H,24,26,28). The highest BCUT2D eigenvalue weighted by molar-refractivity contribution is 7.93. The van der Waals surface area contributed by atoms with Crippen molar-refractivity contribution >= 4 is 29.0 Å². The van der Waals surface area contributed by atoms with E-state index in [4.69, 9.17) is 0 Å². The van der Waals surface area contributed by atoms with Crippen molar-refractivity contribution < 1.29 is 9.35 Å². The van der Waals surface area contributed by atoms with Gasteiger partial charge in [-0.15, -0.1) is 0 Å². The summed E-state index contributed by atoms with van der Waals surface area (Å²) in [7, 11) is 0. The van der Waals surface area contributed by atoms with Crippen LogP contribution in [0.25, 0.3) is 11.1 Å². The Morgan fingerprint density at radius 3 is 2.57 bits per heavy atom. The fourth-order valence-corrected chi connectivity index (χ4v) is 3.78. The van der Waals surface area contributed by atoms with E-state index >= 15 is 0 Å². The Bertz CT molecular complexity index is 1030. The molecule has 0 aromatic carbocycles. The second kappa shape index (κ2) is 8.37. The lowest BCUT2D eigenvalue weighted by Gasteiger charge is -2.23. The predicted octanol–water partition coefficient (Wildman–Crippen LogP) is 3.09. The van der Waals surface area contributed by atoms with E-state index < -0.39 is 16.8 Å². The fourth-order valence-electron chi connectivity index (χ4n) is 2.77. The minimum absolute atomic E-state index is 0.161. The molecule has 1 saturated carbocycles. The molecule has 3 aromatic heterocycles. The minimum atomic E-state index is -1.20. The molecule has 0 saturated heterocycles. The summed E-state index contributed by atoms with van der Waals surface area (Å²) in [4.78, 5) is 29.9. The molecule has 3 aromatic rings. The summed E-state index contributed by atoms with van der Waals surface area (Å²) in [5, 5.41) is 3.00. The number of aromatic nitrogens is 4. The molecule has 0 aliphatic heterocycles. The van der Waals surface area contributed by atoms with Crippen molar-refractivity contribution in [3.8, 4) is 11.1 Å². The Morgan fingerprint density at radius 1 is 1.10 bits per heavy atom. The summed E-state index contributed by atoms with van der Waals surface area (Å²) in [5.74, 6) is 0.456. The average molecular weight is 423 g/mol. The fraction of sp³-hybridized carbons (Fsp3) is 0.286. The molecule has 1 unspecified atom stereocenters. The third-order valence-corrected chi connectivity index (χ3v) is 6.34. The van der Waals surface area contributed by atoms with Crippen LogP contribution in [-0.4, -0.2) is 35.6 Å². The number of nitrogens with one attached hydrogen (secondary N) is 2. The molecule has 0 radical (unpaired) electrons. The zero-order valence-electron chi connectivity index (χ0n) is 16.7. The van der Waals surface area contributed by atoms with Crippen molar-refractivity contribution in [3.05, 3.63) is 60.8 Å². The molecule has 8 nitrogen and oxygen atoms in total. The van der Waals surface area contributed by atoms with Gasteiger partial charge in [0.25, 0.3) is 5.95 Å². The number of anilines is 2. The Morgan fingerprint density at radius 2 is 1.90 bits per heavy atom. The van der Waals surface area contributed by atoms with Crippen LogP contribution >= 0.6 is 0 Å². The van der Waals surface area contributed by atoms with Crippen molar-refractivity contribution in [1.82, 2.24) is 19.9 Å². The Balaban J connectivity index is 1.45. The van der Waals surface area contributed by atoms with Gasteiger partial charge in [-0.2, -0.15) is 4.72 Å². The molecule has 9 heteroatoms. The van der Waals surface area contributed by atoms with Gasteiger partial charge in [-0.1, -0.05) is 6.07 Å². The first-order valence-electron chi connectivity index (χ1n) is 9.62. The maximum atomic E-state index is 12.9. The normalized spacial score (nSPS) is 14.8. The zero-order valence-corrected chi connectivity index (χ0v) is 17.5. The second-order valence-electron chi connectivity index (χ2n) is 7.62. The van der Waals surface area contributed by atoms with E-state index in [1.165, 1.54) is 0 Å². The summed E-state index contributed by atoms with van der Waals surface area (Å²) in [5.41, 5.74) is 1.45. The lowest BCUT2D eigenvalue weighted by atomic mass is 9.88. The van der Waals surface area contributed by atoms with Crippen molar-refractivity contribution in [1.29, 1.82) is 0 Å². The van der Waals surface area contributed by atoms with Gasteiger partial charge in [0.05, 0.1) is 22.5 Å². The van der Waals surface area contributed by atoms with Crippen LogP contribution in [0.1, 0.15) is 32.4 Å². The summed E-state index contributed by atoms with van der Waals surface area (Å²) in [6, 6.07) is 9.12. The van der Waals surface area contributed by atoms with Gasteiger partial charge in [0.1, 0.15) is 11.1 Å². The molecule has 4 rings (SSSR count). The number of amides is 1. The molecule has 1 amide bonds. The van der Waals surface area contributed by atoms with Crippen LogP contribution in [0.4, 0.5) is 11.8 Å². The van der Waals surface area contributed by atoms with Crippen molar-refractivity contribution in [2.75, 3.05) is 10.0 Å². The van der Waals surface area contributed by atoms with Gasteiger partial charge in [-0.25, -0.2) is 15.0 Å². The molecule has 1 fully saturated rings. The SMILES string of the molecule is CC(C)(C(=O)Nc1ccc(-c2cccnc2)cn1)c1ccnc(N[S+]([O-])C2CC2)n1. The van der Waals surface area contributed by atoms with Gasteiger partial charge < -0.3 is 9.87 Å². The number of rotatable bonds is 7. The zero-order chi connectivity index (χ0) is 21.1. The van der Waals surface area contributed by atoms with Crippen LogP contribution in [0.2, 0.25) is 0 Å². The van der Waals surface area contributed by atoms with Gasteiger partial charge in [0.2, 0.25) is 5.91 Å². The molecular formula is C21H22N6O2S. The van der Waals surface area contributed by atoms with Gasteiger partial charge >= 0.3 is 0 Å². The van der Waals surface area contributed by atoms with E-state index in [-0.39, 0.29) is 17.1 Å². The molecule has 154 valence electrons. The number of pyridine rings is 2. The number of nitrogens with zero attached hydrogens (tertiary/aromatic N) is 4. The third-order valence-electron chi connectivity index (χ3n) is 4.88. The predicted molar refractivity (Wildman–Crippen MR) is 116 cm³/mol. The number of hydrogen-bond donors (Lipinski definition) is 2. The largest absolute Gasteiger partial charge is 0.593 e. The molecular weight excluding hydrogens is 400 g/mol. The average Bonchev–Trinajstić information content (AvgIpc) is 3.61. The maximum Gasteiger partial charge on any atom is 0.265 e. The summed E-state index contributed by atoms with van der Waals surface area (Å²) < 4.78 is 14.9. The first kappa shape index (κ1) is 20.2. The molecule has 1 atom stereocenters. The summed E-state index contributed by atoms with van der Waals surface area (Å²) in [6.07, 6.45) is 8.62. The van der Waals surface area contributed by atoms with E-state index in [0.717, 1.165) is 24.0 Å². The lowest BCUT2D eigenvalue weighted by molar-refractivity contribution is -0.120. The first-order valence-corrected chi connectivity index (χ1v) is 10.8. The van der Waals surface area contributed by atoms with Crippen LogP contribution in [0.15, 0.2) is 55.1 Å². The summed E-state index contributed by atoms with van der Waals surface area (Å²) in [6.45, 7) is 3.55. The monoisotopic (exact) mass is 422 g/mol. The van der Waals surface area contributed by atoms with E-state index in [0.29, 0.717) is 11.5 Å². The quantitative estimate of drug-likeness (QED) is 0.562. The van der Waals surface area contributed by atoms with Crippen molar-refractivity contribution in [2.45, 2.75) is 37.4 Å². The molecule has 1 aliphatic carbocycles. The van der Waals surface area contributed by atoms with Crippen LogP contribution in [0.3, 0.4) is 0 Å². The number of carbonyl (C=O) groups is 1. The van der Waals surface area contributed by atoms with Crippen molar-refractivity contribution in [2.24, 2.45) is 0 Å². The Kier molecular flexibility index (Phi) is 5.65. The van der Waals surface area contributed by atoms with Gasteiger partial charge in [0, 0.05) is 48.8 Å². The molecule has 1 aliphatic rings. The highest BCUT2D eigenvalue weighted by Gasteiger charge is 2.36. The van der Waals surface area contributed by atoms with Crippen LogP contribution in [0.5, 0.6) is 0 Å². The smallest absolute Gasteiger partial charge is 0.265 e. The van der Waals surface area contributed by atoms with E-state index in [1.54, 1.807) is 50.8 Å². The van der Waals surface area contributed by atoms with E-state index in [9.17, 15) is 9.35 Å². The van der Waals surface area contributed by atoms with Gasteiger partial charge in [-0.3, -0.25) is 9.78 Å². The molecule has 0 bridgehead atoms. The van der Waals surface area contributed by atoms with Gasteiger partial charge in [-0.05, 0) is 38.1 Å². The maximum absolute atomic E-state index is 12.9. The minimum Gasteiger partial charge on any atom is -0.593 e.